The van der Waals surface area contributed by atoms with Crippen molar-refractivity contribution >= 4 is 39.7 Å². The molecular formula is C10H14NO3Pb+2. The summed E-state index contributed by atoms with van der Waals surface area (Å²) in [5, 5.41) is 9.41. The Bertz CT molecular complexity index is 316. The second kappa shape index (κ2) is 7.38. The van der Waals surface area contributed by atoms with Gasteiger partial charge in [-0.25, -0.2) is 4.79 Å². The molecule has 3 radical (unpaired) electrons. The van der Waals surface area contributed by atoms with Crippen LogP contribution in [0.25, 0.3) is 0 Å². The van der Waals surface area contributed by atoms with Gasteiger partial charge in [0, 0.05) is 6.42 Å². The zero-order valence-corrected chi connectivity index (χ0v) is 12.7. The van der Waals surface area contributed by atoms with Crippen molar-refractivity contribution in [3.8, 4) is 0 Å². The van der Waals surface area contributed by atoms with Gasteiger partial charge in [0.2, 0.25) is 12.5 Å². The third-order valence-electron chi connectivity index (χ3n) is 1.88. The molecule has 5 heteroatoms. The molecule has 0 aliphatic rings. The molecule has 0 saturated heterocycles. The summed E-state index contributed by atoms with van der Waals surface area (Å²) < 4.78 is 0. The Hall–Kier alpha value is -0.918. The van der Waals surface area contributed by atoms with Crippen molar-refractivity contribution in [2.45, 2.75) is 12.5 Å². The van der Waals surface area contributed by atoms with Crippen LogP contribution in [0.2, 0.25) is 0 Å². The Balaban J connectivity index is 0.00000196. The maximum absolute atomic E-state index is 10.2. The molecule has 0 aliphatic carbocycles. The van der Waals surface area contributed by atoms with E-state index in [2.05, 4.69) is 5.32 Å². The molecule has 4 nitrogen and oxygen atoms in total. The first-order valence-corrected chi connectivity index (χ1v) is 4.25. The van der Waals surface area contributed by atoms with Gasteiger partial charge in [-0.15, -0.1) is 0 Å². The monoisotopic (exact) mass is 404 g/mol. The van der Waals surface area contributed by atoms with E-state index >= 15 is 0 Å². The van der Waals surface area contributed by atoms with Gasteiger partial charge in [0.05, 0.1) is 0 Å². The summed E-state index contributed by atoms with van der Waals surface area (Å²) in [4.78, 5) is 19.2. The first kappa shape index (κ1) is 14.1. The van der Waals surface area contributed by atoms with Crippen LogP contribution in [0.5, 0.6) is 0 Å². The molecule has 0 bridgehead atoms. The number of carbonyl (C=O) groups excluding carboxylic acids is 2. The number of benzene rings is 1. The van der Waals surface area contributed by atoms with E-state index in [1.807, 2.05) is 30.3 Å². The summed E-state index contributed by atoms with van der Waals surface area (Å²) >= 11 is 0. The number of hydrogen-bond donors (Lipinski definition) is 1. The number of nitrogens with one attached hydrogen (secondary N) is 1. The molecule has 15 heavy (non-hydrogen) atoms. The van der Waals surface area contributed by atoms with Crippen LogP contribution in [0.3, 0.4) is 0 Å². The number of hydrogen-bond acceptors (Lipinski definition) is 1. The average Bonchev–Trinajstić information content (AvgIpc) is 2.18. The first-order chi connectivity index (χ1) is 6.74. The van der Waals surface area contributed by atoms with E-state index in [0.717, 1.165) is 5.56 Å². The fraction of sp³-hybridized carbons (Fsp3) is 0.200. The molecule has 0 aromatic heterocycles. The molecule has 0 aliphatic heterocycles. The van der Waals surface area contributed by atoms with Gasteiger partial charge in [0.1, 0.15) is 0 Å². The van der Waals surface area contributed by atoms with Gasteiger partial charge in [-0.2, -0.15) is 0 Å². The standard InChI is InChI=1S/C10H11NO3.Pb.H/c12-7-11-9(10(13)14)6-8-4-2-1-3-5-8;;/h1-5,7,9H,6H2,(H,11,12)(H,13,14);;/p+2. The van der Waals surface area contributed by atoms with Crippen LogP contribution in [-0.2, 0) is 11.2 Å². The van der Waals surface area contributed by atoms with Gasteiger partial charge in [0.25, 0.3) is 0 Å². The molecule has 4 N–H and O–H groups in total. The summed E-state index contributed by atoms with van der Waals surface area (Å²) in [6, 6.07) is 8.75. The van der Waals surface area contributed by atoms with Crippen LogP contribution >= 0.6 is 0 Å². The predicted octanol–water partition coefficient (Wildman–Crippen LogP) is -1.08. The van der Waals surface area contributed by atoms with Crippen molar-refractivity contribution in [3.05, 3.63) is 35.9 Å². The fourth-order valence-electron chi connectivity index (χ4n) is 1.17. The molecule has 0 fully saturated rings. The normalized spacial score (nSPS) is 10.9. The Morgan fingerprint density at radius 3 is 2.53 bits per heavy atom. The van der Waals surface area contributed by atoms with Crippen LogP contribution in [0.1, 0.15) is 5.56 Å². The molecule has 0 spiro atoms. The van der Waals surface area contributed by atoms with Crippen LogP contribution in [0.4, 0.5) is 0 Å². The van der Waals surface area contributed by atoms with Crippen molar-refractivity contribution in [3.63, 3.8) is 0 Å². The second-order valence-electron chi connectivity index (χ2n) is 2.91. The first-order valence-electron chi connectivity index (χ1n) is 4.25. The zero-order chi connectivity index (χ0) is 10.4. The van der Waals surface area contributed by atoms with E-state index < -0.39 is 12.0 Å². The Labute approximate surface area is 108 Å². The molecule has 0 saturated carbocycles. The Morgan fingerprint density at radius 2 is 2.07 bits per heavy atom. The Kier molecular flexibility index (Phi) is 6.93. The maximum atomic E-state index is 10.2. The zero-order valence-electron chi connectivity index (χ0n) is 8.18. The van der Waals surface area contributed by atoms with E-state index in [1.165, 1.54) is 0 Å². The predicted molar refractivity (Wildman–Crippen MR) is 60.8 cm³/mol. The molecule has 1 atom stereocenters. The van der Waals surface area contributed by atoms with Crippen molar-refractivity contribution in [1.29, 1.82) is 0 Å². The number of rotatable bonds is 5. The second-order valence-corrected chi connectivity index (χ2v) is 2.91. The molecule has 79 valence electrons. The van der Waals surface area contributed by atoms with Crippen molar-refractivity contribution < 1.29 is 14.7 Å². The molecule has 1 aromatic rings. The number of carbonyl (C=O) groups is 1. The minimum atomic E-state index is -0.630. The van der Waals surface area contributed by atoms with Crippen LogP contribution in [0.15, 0.2) is 30.3 Å². The van der Waals surface area contributed by atoms with Crippen LogP contribution in [-0.4, -0.2) is 55.6 Å². The van der Waals surface area contributed by atoms with Crippen LogP contribution < -0.4 is 5.32 Å². The van der Waals surface area contributed by atoms with Gasteiger partial charge in [-0.1, -0.05) is 30.3 Å². The van der Waals surface area contributed by atoms with E-state index in [9.17, 15) is 4.79 Å². The quantitative estimate of drug-likeness (QED) is 0.379. The molecule has 1 unspecified atom stereocenters. The van der Waals surface area contributed by atoms with Crippen molar-refractivity contribution in [2.75, 3.05) is 0 Å². The summed E-state index contributed by atoms with van der Waals surface area (Å²) in [5.41, 5.74) is 0.964. The SMILES string of the molecule is O=CNC(Cc1ccccc1)C(=[OH+])[OH2+].[PbH]. The fourth-order valence-corrected chi connectivity index (χ4v) is 1.17. The van der Waals surface area contributed by atoms with E-state index in [-0.39, 0.29) is 27.3 Å². The average molecular weight is 403 g/mol. The summed E-state index contributed by atoms with van der Waals surface area (Å²) in [6.45, 7) is 0. The van der Waals surface area contributed by atoms with Gasteiger partial charge in [-0.05, 0) is 5.56 Å². The molecule has 0 heterocycles. The summed E-state index contributed by atoms with van der Waals surface area (Å²) in [7, 11) is 0. The van der Waals surface area contributed by atoms with E-state index in [1.54, 1.807) is 0 Å². The van der Waals surface area contributed by atoms with Crippen LogP contribution in [0, 0.1) is 0 Å². The van der Waals surface area contributed by atoms with Gasteiger partial charge in [0.15, 0.2) is 0 Å². The molecular weight excluding hydrogens is 389 g/mol. The third kappa shape index (κ3) is 4.91. The summed E-state index contributed by atoms with van der Waals surface area (Å²) in [5.74, 6) is -0.527. The molecule has 1 amide bonds. The number of amides is 1. The van der Waals surface area contributed by atoms with Gasteiger partial charge in [-0.3, -0.25) is 4.79 Å². The van der Waals surface area contributed by atoms with E-state index in [4.69, 9.17) is 9.90 Å². The van der Waals surface area contributed by atoms with E-state index in [0.29, 0.717) is 12.8 Å². The van der Waals surface area contributed by atoms with Gasteiger partial charge < -0.3 is 10.4 Å². The molecule has 1 rings (SSSR count). The Morgan fingerprint density at radius 1 is 1.47 bits per heavy atom. The van der Waals surface area contributed by atoms with Gasteiger partial charge >= 0.3 is 33.3 Å². The minimum absolute atomic E-state index is 0. The van der Waals surface area contributed by atoms with Crippen molar-refractivity contribution in [1.82, 2.24) is 5.32 Å². The third-order valence-corrected chi connectivity index (χ3v) is 1.88. The molecule has 1 aromatic carbocycles. The summed E-state index contributed by atoms with van der Waals surface area (Å²) in [6.07, 6.45) is 0.910. The topological polar surface area (TPSA) is 73.4 Å². The van der Waals surface area contributed by atoms with Crippen molar-refractivity contribution in [2.24, 2.45) is 0 Å².